The molecule has 4 aromatic rings. The summed E-state index contributed by atoms with van der Waals surface area (Å²) < 4.78 is 15.0. The summed E-state index contributed by atoms with van der Waals surface area (Å²) in [6.07, 6.45) is 2.02. The number of nitrogens with one attached hydrogen (secondary N) is 2. The number of hydrogen-bond donors (Lipinski definition) is 4. The number of imidazole rings is 1. The Morgan fingerprint density at radius 3 is 2.32 bits per heavy atom. The zero-order valence-corrected chi connectivity index (χ0v) is 26.3. The number of H-pyrrole nitrogens is 1. The van der Waals surface area contributed by atoms with E-state index in [2.05, 4.69) is 15.2 Å². The number of aromatic nitrogens is 2. The molecule has 2 aliphatic heterocycles. The van der Waals surface area contributed by atoms with Crippen molar-refractivity contribution in [2.24, 2.45) is 0 Å². The minimum atomic E-state index is -0.906. The van der Waals surface area contributed by atoms with Crippen molar-refractivity contribution in [3.05, 3.63) is 106 Å². The van der Waals surface area contributed by atoms with E-state index in [1.54, 1.807) is 0 Å². The van der Waals surface area contributed by atoms with Gasteiger partial charge in [0.25, 0.3) is 0 Å². The molecule has 1 amide bonds. The summed E-state index contributed by atoms with van der Waals surface area (Å²) in [5, 5.41) is 21.1. The Labute approximate surface area is 273 Å². The number of benzene rings is 3. The van der Waals surface area contributed by atoms with E-state index in [1.807, 2.05) is 77.4 Å². The van der Waals surface area contributed by atoms with E-state index < -0.39 is 12.3 Å². The van der Waals surface area contributed by atoms with E-state index >= 15 is 0 Å². The number of carbonyl (C=O) groups is 2. The van der Waals surface area contributed by atoms with Gasteiger partial charge in [0.15, 0.2) is 6.29 Å². The first-order valence-electron chi connectivity index (χ1n) is 16.4. The number of rotatable bonds is 12. The van der Waals surface area contributed by atoms with Crippen LogP contribution in [0.15, 0.2) is 77.6 Å². The molecule has 6 rings (SSSR count). The molecule has 11 heteroatoms. The monoisotopic (exact) mass is 642 g/mol. The molecule has 3 unspecified atom stereocenters. The van der Waals surface area contributed by atoms with Crippen molar-refractivity contribution in [1.29, 1.82) is 0 Å². The topological polar surface area (TPSA) is 146 Å². The Bertz CT molecular complexity index is 1710. The molecule has 0 radical (unpaired) electrons. The number of piperidine rings is 1. The van der Waals surface area contributed by atoms with Gasteiger partial charge in [0.2, 0.25) is 5.91 Å². The predicted octanol–water partition coefficient (Wildman–Crippen LogP) is 4.58. The Kier molecular flexibility index (Phi) is 10.5. The molecule has 2 saturated heterocycles. The molecule has 3 heterocycles. The van der Waals surface area contributed by atoms with E-state index in [4.69, 9.17) is 14.6 Å². The van der Waals surface area contributed by atoms with Crippen LogP contribution in [0.25, 0.3) is 11.0 Å². The van der Waals surface area contributed by atoms with Gasteiger partial charge in [-0.05, 0) is 48.1 Å². The maximum absolute atomic E-state index is 12.8. The van der Waals surface area contributed by atoms with E-state index in [-0.39, 0.29) is 49.3 Å². The number of amides is 1. The molecule has 0 spiro atoms. The normalized spacial score (nSPS) is 20.7. The zero-order chi connectivity index (χ0) is 32.8. The first kappa shape index (κ1) is 32.6. The third-order valence-corrected chi connectivity index (χ3v) is 9.16. The van der Waals surface area contributed by atoms with Gasteiger partial charge in [-0.3, -0.25) is 14.2 Å². The number of para-hydroxylation sites is 2. The second-order valence-electron chi connectivity index (χ2n) is 12.5. The minimum Gasteiger partial charge on any atom is -0.481 e. The molecule has 1 aromatic heterocycles. The fourth-order valence-corrected chi connectivity index (χ4v) is 6.60. The first-order valence-corrected chi connectivity index (χ1v) is 16.4. The lowest BCUT2D eigenvalue weighted by Crippen LogP contribution is -2.43. The smallest absolute Gasteiger partial charge is 0.326 e. The number of carboxylic acid groups (broad SMARTS) is 1. The van der Waals surface area contributed by atoms with E-state index in [1.165, 1.54) is 0 Å². The summed E-state index contributed by atoms with van der Waals surface area (Å²) in [6.45, 7) is 2.79. The molecule has 3 aromatic carbocycles. The highest BCUT2D eigenvalue weighted by molar-refractivity contribution is 5.76. The van der Waals surface area contributed by atoms with Gasteiger partial charge in [-0.25, -0.2) is 4.79 Å². The summed E-state index contributed by atoms with van der Waals surface area (Å²) in [7, 11) is 0. The van der Waals surface area contributed by atoms with Crippen molar-refractivity contribution in [2.75, 3.05) is 19.6 Å². The van der Waals surface area contributed by atoms with Crippen molar-refractivity contribution in [3.8, 4) is 0 Å². The SMILES string of the molecule is O=C(O)CCCC(=O)NCc1ccc(C2OC(CN3CCC(n4c(=O)[nH]c5ccccc54)CC3)CC(c3ccc(CO)cc3)O2)cc1. The Morgan fingerprint density at radius 2 is 1.60 bits per heavy atom. The van der Waals surface area contributed by atoms with Crippen molar-refractivity contribution < 1.29 is 29.3 Å². The number of likely N-dealkylation sites (tertiary alicyclic amines) is 1. The number of aliphatic carboxylic acids is 1. The molecular weight excluding hydrogens is 600 g/mol. The number of aliphatic hydroxyl groups is 1. The lowest BCUT2D eigenvalue weighted by atomic mass is 9.98. The number of carbonyl (C=O) groups excluding carboxylic acids is 1. The predicted molar refractivity (Wildman–Crippen MR) is 175 cm³/mol. The van der Waals surface area contributed by atoms with Crippen LogP contribution >= 0.6 is 0 Å². The standard InChI is InChI=1S/C36H42N4O7/c41-23-25-10-12-26(13-11-25)32-20-29(22-39-18-16-28(17-19-39)40-31-5-2-1-4-30(31)38-36(40)45)46-35(47-32)27-14-8-24(9-15-27)21-37-33(42)6-3-7-34(43)44/h1-2,4-5,8-15,28-29,32,35,41H,3,6-7,16-23H2,(H,37,42)(H,38,45)(H,43,44). The lowest BCUT2D eigenvalue weighted by Gasteiger charge is -2.40. The molecule has 4 N–H and O–H groups in total. The lowest BCUT2D eigenvalue weighted by molar-refractivity contribution is -0.253. The Balaban J connectivity index is 1.10. The van der Waals surface area contributed by atoms with Gasteiger partial charge in [0.1, 0.15) is 0 Å². The van der Waals surface area contributed by atoms with Crippen molar-refractivity contribution in [3.63, 3.8) is 0 Å². The Morgan fingerprint density at radius 1 is 0.894 bits per heavy atom. The van der Waals surface area contributed by atoms with Gasteiger partial charge in [-0.15, -0.1) is 0 Å². The van der Waals surface area contributed by atoms with Crippen LogP contribution in [0, 0.1) is 0 Å². The average molecular weight is 643 g/mol. The quantitative estimate of drug-likeness (QED) is 0.176. The molecule has 0 saturated carbocycles. The molecule has 0 aliphatic carbocycles. The van der Waals surface area contributed by atoms with Crippen LogP contribution in [0.5, 0.6) is 0 Å². The molecule has 47 heavy (non-hydrogen) atoms. The van der Waals surface area contributed by atoms with Crippen molar-refractivity contribution >= 4 is 22.9 Å². The highest BCUT2D eigenvalue weighted by Gasteiger charge is 2.34. The highest BCUT2D eigenvalue weighted by Crippen LogP contribution is 2.38. The molecule has 11 nitrogen and oxygen atoms in total. The number of hydrogen-bond acceptors (Lipinski definition) is 7. The summed E-state index contributed by atoms with van der Waals surface area (Å²) in [5.74, 6) is -1.08. The largest absolute Gasteiger partial charge is 0.481 e. The number of aromatic amines is 1. The molecule has 3 atom stereocenters. The maximum Gasteiger partial charge on any atom is 0.326 e. The van der Waals surface area contributed by atoms with Gasteiger partial charge >= 0.3 is 11.7 Å². The van der Waals surface area contributed by atoms with Crippen LogP contribution in [-0.2, 0) is 32.2 Å². The molecule has 2 fully saturated rings. The average Bonchev–Trinajstić information content (AvgIpc) is 3.43. The van der Waals surface area contributed by atoms with Gasteiger partial charge in [-0.2, -0.15) is 0 Å². The zero-order valence-electron chi connectivity index (χ0n) is 26.3. The van der Waals surface area contributed by atoms with E-state index in [0.29, 0.717) is 19.4 Å². The van der Waals surface area contributed by atoms with Gasteiger partial charge in [-0.1, -0.05) is 60.7 Å². The van der Waals surface area contributed by atoms with Crippen LogP contribution in [0.3, 0.4) is 0 Å². The van der Waals surface area contributed by atoms with Crippen LogP contribution in [0.4, 0.5) is 0 Å². The van der Waals surface area contributed by atoms with Crippen LogP contribution in [0.1, 0.15) is 79.2 Å². The molecule has 2 aliphatic rings. The van der Waals surface area contributed by atoms with E-state index in [9.17, 15) is 19.5 Å². The van der Waals surface area contributed by atoms with Crippen molar-refractivity contribution in [2.45, 2.75) is 76.2 Å². The summed E-state index contributed by atoms with van der Waals surface area (Å²) in [6, 6.07) is 23.6. The number of carboxylic acids is 1. The Hall–Kier alpha value is -4.29. The van der Waals surface area contributed by atoms with Gasteiger partial charge in [0, 0.05) is 57.0 Å². The number of nitrogens with zero attached hydrogens (tertiary/aromatic N) is 2. The molecular formula is C36H42N4O7. The molecule has 248 valence electrons. The summed E-state index contributed by atoms with van der Waals surface area (Å²) in [5.41, 5.74) is 5.42. The fourth-order valence-electron chi connectivity index (χ4n) is 6.60. The van der Waals surface area contributed by atoms with Crippen LogP contribution in [-0.4, -0.2) is 62.3 Å². The second-order valence-corrected chi connectivity index (χ2v) is 12.5. The summed E-state index contributed by atoms with van der Waals surface area (Å²) in [4.78, 5) is 41.0. The van der Waals surface area contributed by atoms with Gasteiger partial charge < -0.3 is 34.9 Å². The fraction of sp³-hybridized carbons (Fsp3) is 0.417. The first-order chi connectivity index (χ1) is 22.9. The van der Waals surface area contributed by atoms with E-state index in [0.717, 1.165) is 65.8 Å². The number of aliphatic hydroxyl groups excluding tert-OH is 1. The summed E-state index contributed by atoms with van der Waals surface area (Å²) >= 11 is 0. The third-order valence-electron chi connectivity index (χ3n) is 9.16. The second kappa shape index (κ2) is 15.1. The minimum absolute atomic E-state index is 0.0179. The van der Waals surface area contributed by atoms with Gasteiger partial charge in [0.05, 0.1) is 29.8 Å². The number of ether oxygens (including phenoxy) is 2. The maximum atomic E-state index is 12.8. The number of fused-ring (bicyclic) bond motifs is 1. The third kappa shape index (κ3) is 8.17. The highest BCUT2D eigenvalue weighted by atomic mass is 16.7. The molecule has 0 bridgehead atoms. The van der Waals surface area contributed by atoms with Crippen LogP contribution in [0.2, 0.25) is 0 Å². The van der Waals surface area contributed by atoms with Crippen molar-refractivity contribution in [1.82, 2.24) is 19.8 Å². The van der Waals surface area contributed by atoms with Crippen LogP contribution < -0.4 is 11.0 Å².